The summed E-state index contributed by atoms with van der Waals surface area (Å²) in [6.07, 6.45) is 3.39. The van der Waals surface area contributed by atoms with Crippen LogP contribution in [0.25, 0.3) is 22.4 Å². The monoisotopic (exact) mass is 971 g/mol. The Balaban J connectivity index is 0.836. The van der Waals surface area contributed by atoms with Gasteiger partial charge in [-0.3, -0.25) is 9.52 Å². The van der Waals surface area contributed by atoms with Gasteiger partial charge in [-0.15, -0.1) is 11.8 Å². The van der Waals surface area contributed by atoms with Crippen LogP contribution in [-0.2, 0) is 17.1 Å². The van der Waals surface area contributed by atoms with Gasteiger partial charge in [0.15, 0.2) is 0 Å². The third-order valence-corrected chi connectivity index (χ3v) is 16.6. The first kappa shape index (κ1) is 47.6. The van der Waals surface area contributed by atoms with Crippen molar-refractivity contribution in [3.05, 3.63) is 143 Å². The van der Waals surface area contributed by atoms with E-state index >= 15 is 0 Å². The number of aliphatic hydroxyl groups excluding tert-OH is 1. The van der Waals surface area contributed by atoms with Gasteiger partial charge in [-0.25, -0.2) is 8.42 Å². The van der Waals surface area contributed by atoms with Crippen LogP contribution in [0.3, 0.4) is 0 Å². The molecule has 0 aliphatic carbocycles. The topological polar surface area (TPSA) is 113 Å². The van der Waals surface area contributed by atoms with Crippen molar-refractivity contribution in [2.45, 2.75) is 61.5 Å². The van der Waals surface area contributed by atoms with Crippen LogP contribution in [0.4, 0.5) is 22.7 Å². The summed E-state index contributed by atoms with van der Waals surface area (Å²) in [6, 6.07) is 39.9. The highest BCUT2D eigenvalue weighted by atomic mass is 35.5. The molecular formula is C54H62ClN7O4S2. The van der Waals surface area contributed by atoms with E-state index in [0.717, 1.165) is 147 Å². The quantitative estimate of drug-likeness (QED) is 0.0817. The molecule has 356 valence electrons. The van der Waals surface area contributed by atoms with E-state index in [9.17, 15) is 18.3 Å². The molecule has 3 fully saturated rings. The number of anilines is 4. The Morgan fingerprint density at radius 1 is 0.779 bits per heavy atom. The molecule has 14 heteroatoms. The second kappa shape index (κ2) is 21.1. The highest BCUT2D eigenvalue weighted by Crippen LogP contribution is 2.41. The number of benzene rings is 5. The van der Waals surface area contributed by atoms with Crippen LogP contribution in [0.2, 0.25) is 5.02 Å². The van der Waals surface area contributed by atoms with Crippen molar-refractivity contribution in [2.75, 3.05) is 84.5 Å². The number of piperazine rings is 1. The molecule has 5 aromatic carbocycles. The number of aromatic nitrogens is 1. The zero-order valence-electron chi connectivity index (χ0n) is 39.2. The maximum atomic E-state index is 14.0. The fourth-order valence-electron chi connectivity index (χ4n) is 9.58. The van der Waals surface area contributed by atoms with Gasteiger partial charge in [0.05, 0.1) is 22.3 Å². The fourth-order valence-corrected chi connectivity index (χ4v) is 11.8. The molecule has 0 bridgehead atoms. The van der Waals surface area contributed by atoms with E-state index in [-0.39, 0.29) is 22.9 Å². The van der Waals surface area contributed by atoms with E-state index in [4.69, 9.17) is 11.6 Å². The summed E-state index contributed by atoms with van der Waals surface area (Å²) in [7, 11) is -1.81. The van der Waals surface area contributed by atoms with Crippen molar-refractivity contribution in [2.24, 2.45) is 7.05 Å². The number of likely N-dealkylation sites (tertiary alicyclic amines) is 2. The molecule has 0 radical (unpaired) electrons. The average molecular weight is 973 g/mol. The first-order valence-electron chi connectivity index (χ1n) is 23.8. The maximum Gasteiger partial charge on any atom is 0.261 e. The first-order chi connectivity index (χ1) is 32.9. The number of sulfonamides is 1. The summed E-state index contributed by atoms with van der Waals surface area (Å²) in [6.45, 7) is 11.5. The van der Waals surface area contributed by atoms with Crippen molar-refractivity contribution in [1.82, 2.24) is 14.4 Å². The Bertz CT molecular complexity index is 2800. The lowest BCUT2D eigenvalue weighted by Gasteiger charge is -2.37. The van der Waals surface area contributed by atoms with E-state index < -0.39 is 10.0 Å². The third-order valence-electron chi connectivity index (χ3n) is 13.8. The molecule has 3 N–H and O–H groups in total. The molecular weight excluding hydrogens is 910 g/mol. The number of hydrogen-bond donors (Lipinski definition) is 3. The summed E-state index contributed by atoms with van der Waals surface area (Å²) >= 11 is 8.13. The third kappa shape index (κ3) is 10.9. The zero-order chi connectivity index (χ0) is 47.4. The van der Waals surface area contributed by atoms with Gasteiger partial charge in [0.25, 0.3) is 15.9 Å². The summed E-state index contributed by atoms with van der Waals surface area (Å²) in [5, 5.41) is 14.4. The number of carbonyl (C=O) groups is 1. The van der Waals surface area contributed by atoms with Gasteiger partial charge in [0, 0.05) is 122 Å². The Morgan fingerprint density at radius 2 is 1.47 bits per heavy atom. The Labute approximate surface area is 411 Å². The lowest BCUT2D eigenvalue weighted by atomic mass is 9.95. The minimum atomic E-state index is -3.84. The molecule has 3 aliphatic rings. The predicted molar refractivity (Wildman–Crippen MR) is 280 cm³/mol. The van der Waals surface area contributed by atoms with Gasteiger partial charge in [-0.05, 0) is 135 Å². The van der Waals surface area contributed by atoms with Crippen LogP contribution in [0.5, 0.6) is 0 Å². The van der Waals surface area contributed by atoms with Crippen molar-refractivity contribution >= 4 is 62.0 Å². The number of nitrogens with one attached hydrogen (secondary N) is 2. The van der Waals surface area contributed by atoms with Crippen LogP contribution < -0.4 is 19.8 Å². The normalized spacial score (nSPS) is 16.4. The number of rotatable bonds is 16. The molecule has 0 spiro atoms. The van der Waals surface area contributed by atoms with Gasteiger partial charge >= 0.3 is 0 Å². The van der Waals surface area contributed by atoms with Crippen LogP contribution in [-0.4, -0.2) is 111 Å². The molecule has 9 rings (SSSR count). The molecule has 0 unspecified atom stereocenters. The van der Waals surface area contributed by atoms with Crippen LogP contribution in [0.15, 0.2) is 131 Å². The fraction of sp³-hybridized carbons (Fsp3) is 0.352. The molecule has 1 atom stereocenters. The van der Waals surface area contributed by atoms with E-state index in [0.29, 0.717) is 10.7 Å². The number of nitrogens with zero attached hydrogens (tertiary/aromatic N) is 5. The molecule has 3 aliphatic heterocycles. The Kier molecular flexibility index (Phi) is 14.7. The highest BCUT2D eigenvalue weighted by molar-refractivity contribution is 7.99. The number of thioether (sulfide) groups is 1. The smallest absolute Gasteiger partial charge is 0.261 e. The van der Waals surface area contributed by atoms with Crippen molar-refractivity contribution in [3.8, 4) is 22.4 Å². The van der Waals surface area contributed by atoms with Crippen molar-refractivity contribution in [3.63, 3.8) is 0 Å². The van der Waals surface area contributed by atoms with E-state index in [1.165, 1.54) is 4.90 Å². The zero-order valence-corrected chi connectivity index (χ0v) is 41.6. The number of hydrogen-bond acceptors (Lipinski definition) is 9. The number of amides is 1. The van der Waals surface area contributed by atoms with Crippen molar-refractivity contribution < 1.29 is 18.3 Å². The summed E-state index contributed by atoms with van der Waals surface area (Å²) in [4.78, 5) is 24.5. The standard InChI is InChI=1S/C54H62ClN7O4S2/c1-38-35-49(21-22-50(38)56-44(37-67-48-11-5-4-6-12-48)23-28-59-29-24-47(63)25-30-59)68(65,66)57-43-17-19-45(20-18-43)60-31-33-61(34-32-60)46-10-7-9-41(36-46)52-51(54(64)62-26-8-27-62)39(2)58(3)53(52)40-13-15-42(55)16-14-40/h4-7,9-22,35-36,44,47,56-57,63H,8,23-34,37H2,1-3H3/t44-/m1/s1. The SMILES string of the molecule is Cc1cc(S(=O)(=O)Nc2ccc(N3CCN(c4cccc(-c5c(C(=O)N6CCC6)c(C)n(C)c5-c5ccc(Cl)cc5)c4)CC3)cc2)ccc1N[C@H](CCN1CCC(O)CC1)CSc1ccccc1. The molecule has 6 aromatic rings. The van der Waals surface area contributed by atoms with E-state index in [2.05, 4.69) is 77.8 Å². The lowest BCUT2D eigenvalue weighted by molar-refractivity contribution is 0.0651. The number of aliphatic hydroxyl groups is 1. The molecule has 1 aromatic heterocycles. The van der Waals surface area contributed by atoms with Crippen molar-refractivity contribution in [1.29, 1.82) is 0 Å². The summed E-state index contributed by atoms with van der Waals surface area (Å²) in [5.41, 5.74) is 10.1. The lowest BCUT2D eigenvalue weighted by Crippen LogP contribution is -2.46. The number of carbonyl (C=O) groups excluding carboxylic acids is 1. The average Bonchev–Trinajstić information content (AvgIpc) is 3.60. The number of halogens is 1. The molecule has 1 amide bonds. The first-order valence-corrected chi connectivity index (χ1v) is 26.7. The second-order valence-electron chi connectivity index (χ2n) is 18.4. The molecule has 11 nitrogen and oxygen atoms in total. The minimum absolute atomic E-state index is 0.0793. The van der Waals surface area contributed by atoms with E-state index in [1.54, 1.807) is 12.1 Å². The maximum absolute atomic E-state index is 14.0. The predicted octanol–water partition coefficient (Wildman–Crippen LogP) is 10.0. The molecule has 4 heterocycles. The second-order valence-corrected chi connectivity index (χ2v) is 21.6. The molecule has 3 saturated heterocycles. The van der Waals surface area contributed by atoms with Gasteiger partial charge in [0.1, 0.15) is 0 Å². The highest BCUT2D eigenvalue weighted by Gasteiger charge is 2.31. The van der Waals surface area contributed by atoms with Crippen LogP contribution >= 0.6 is 23.4 Å². The Hall–Kier alpha value is -5.44. The minimum Gasteiger partial charge on any atom is -0.393 e. The Morgan fingerprint density at radius 3 is 2.13 bits per heavy atom. The van der Waals surface area contributed by atoms with Gasteiger partial charge in [0.2, 0.25) is 0 Å². The van der Waals surface area contributed by atoms with Gasteiger partial charge in [-0.2, -0.15) is 0 Å². The summed E-state index contributed by atoms with van der Waals surface area (Å²) < 4.78 is 32.4. The molecule has 0 saturated carbocycles. The largest absolute Gasteiger partial charge is 0.393 e. The van der Waals surface area contributed by atoms with Crippen LogP contribution in [0.1, 0.15) is 47.3 Å². The molecule has 68 heavy (non-hydrogen) atoms. The summed E-state index contributed by atoms with van der Waals surface area (Å²) in [5.74, 6) is 0.947. The van der Waals surface area contributed by atoms with Gasteiger partial charge < -0.3 is 34.6 Å². The number of aryl methyl sites for hydroxylation is 1. The van der Waals surface area contributed by atoms with E-state index in [1.807, 2.05) is 98.2 Å². The number of piperidine rings is 1. The van der Waals surface area contributed by atoms with Gasteiger partial charge in [-0.1, -0.05) is 54.1 Å². The van der Waals surface area contributed by atoms with Crippen LogP contribution in [0, 0.1) is 13.8 Å².